The van der Waals surface area contributed by atoms with Crippen molar-refractivity contribution < 1.29 is 4.79 Å². The van der Waals surface area contributed by atoms with Crippen molar-refractivity contribution in [2.75, 3.05) is 13.6 Å². The summed E-state index contributed by atoms with van der Waals surface area (Å²) in [5, 5.41) is 8.43. The van der Waals surface area contributed by atoms with Crippen LogP contribution in [0.25, 0.3) is 0 Å². The fourth-order valence-corrected chi connectivity index (χ4v) is 1.51. The number of amides is 1. The Kier molecular flexibility index (Phi) is 3.51. The molecule has 0 bridgehead atoms. The zero-order chi connectivity index (χ0) is 9.68. The summed E-state index contributed by atoms with van der Waals surface area (Å²) >= 11 is 0. The highest BCUT2D eigenvalue weighted by molar-refractivity contribution is 5.79. The third-order valence-electron chi connectivity index (χ3n) is 2.30. The van der Waals surface area contributed by atoms with Crippen molar-refractivity contribution in [1.82, 2.24) is 4.90 Å². The summed E-state index contributed by atoms with van der Waals surface area (Å²) < 4.78 is 0. The minimum absolute atomic E-state index is 0.100. The van der Waals surface area contributed by atoms with Gasteiger partial charge in [0.2, 0.25) is 5.91 Å². The molecule has 0 aliphatic heterocycles. The quantitative estimate of drug-likeness (QED) is 0.473. The van der Waals surface area contributed by atoms with Gasteiger partial charge in [-0.3, -0.25) is 4.79 Å². The molecule has 0 radical (unpaired) electrons. The second kappa shape index (κ2) is 4.66. The topological polar surface area (TPSA) is 44.1 Å². The summed E-state index contributed by atoms with van der Waals surface area (Å²) in [4.78, 5) is 13.1. The summed E-state index contributed by atoms with van der Waals surface area (Å²) in [7, 11) is 1.68. The van der Waals surface area contributed by atoms with Crippen molar-refractivity contribution in [3.63, 3.8) is 0 Å². The van der Waals surface area contributed by atoms with Gasteiger partial charge < -0.3 is 4.90 Å². The molecule has 0 fully saturated rings. The molecule has 13 heavy (non-hydrogen) atoms. The van der Waals surface area contributed by atoms with Gasteiger partial charge in [-0.25, -0.2) is 0 Å². The number of carbonyl (C=O) groups excluding carboxylic acids is 1. The van der Waals surface area contributed by atoms with E-state index in [-0.39, 0.29) is 18.4 Å². The van der Waals surface area contributed by atoms with E-state index in [0.29, 0.717) is 0 Å². The molecule has 0 aromatic rings. The monoisotopic (exact) mass is 178 g/mol. The maximum atomic E-state index is 11.6. The maximum Gasteiger partial charge on any atom is 0.226 e. The number of hydrogen-bond donors (Lipinski definition) is 0. The molecule has 1 atom stereocenters. The third-order valence-corrected chi connectivity index (χ3v) is 2.30. The zero-order valence-corrected chi connectivity index (χ0v) is 7.86. The normalized spacial score (nSPS) is 20.8. The lowest BCUT2D eigenvalue weighted by molar-refractivity contribution is -0.133. The highest BCUT2D eigenvalue weighted by Crippen LogP contribution is 2.19. The van der Waals surface area contributed by atoms with Crippen molar-refractivity contribution in [2.45, 2.75) is 19.3 Å². The zero-order valence-electron chi connectivity index (χ0n) is 7.86. The number of nitrogens with zero attached hydrogens (tertiary/aromatic N) is 2. The van der Waals surface area contributed by atoms with Crippen LogP contribution >= 0.6 is 0 Å². The summed E-state index contributed by atoms with van der Waals surface area (Å²) in [6, 6.07) is 1.97. The summed E-state index contributed by atoms with van der Waals surface area (Å²) in [6.07, 6.45) is 6.89. The van der Waals surface area contributed by atoms with Crippen molar-refractivity contribution in [1.29, 1.82) is 5.26 Å². The maximum absolute atomic E-state index is 11.6. The Hall–Kier alpha value is -1.30. The second-order valence-electron chi connectivity index (χ2n) is 3.33. The Morgan fingerprint density at radius 2 is 2.46 bits per heavy atom. The highest BCUT2D eigenvalue weighted by Gasteiger charge is 2.21. The Balaban J connectivity index is 2.47. The van der Waals surface area contributed by atoms with Crippen LogP contribution in [0.2, 0.25) is 0 Å². The van der Waals surface area contributed by atoms with E-state index in [0.717, 1.165) is 19.3 Å². The molecule has 0 aromatic carbocycles. The van der Waals surface area contributed by atoms with E-state index in [1.54, 1.807) is 7.05 Å². The van der Waals surface area contributed by atoms with Gasteiger partial charge in [-0.2, -0.15) is 5.26 Å². The van der Waals surface area contributed by atoms with Gasteiger partial charge in [-0.15, -0.1) is 0 Å². The first-order chi connectivity index (χ1) is 6.25. The molecule has 70 valence electrons. The Morgan fingerprint density at radius 3 is 3.00 bits per heavy atom. The van der Waals surface area contributed by atoms with E-state index >= 15 is 0 Å². The van der Waals surface area contributed by atoms with E-state index in [1.807, 2.05) is 12.1 Å². The average molecular weight is 178 g/mol. The number of allylic oxidation sites excluding steroid dienone is 2. The van der Waals surface area contributed by atoms with Crippen LogP contribution in [0, 0.1) is 17.2 Å². The fourth-order valence-electron chi connectivity index (χ4n) is 1.51. The molecular formula is C10H14N2O. The molecule has 1 rings (SSSR count). The lowest BCUT2D eigenvalue weighted by Crippen LogP contribution is -2.33. The predicted molar refractivity (Wildman–Crippen MR) is 49.7 cm³/mol. The molecular weight excluding hydrogens is 164 g/mol. The average Bonchev–Trinajstić information content (AvgIpc) is 2.18. The van der Waals surface area contributed by atoms with Crippen LogP contribution in [0.4, 0.5) is 0 Å². The molecule has 1 amide bonds. The van der Waals surface area contributed by atoms with Gasteiger partial charge in [0.1, 0.15) is 6.54 Å². The number of carbonyl (C=O) groups is 1. The van der Waals surface area contributed by atoms with Gasteiger partial charge in [0.15, 0.2) is 0 Å². The third kappa shape index (κ3) is 2.59. The van der Waals surface area contributed by atoms with Gasteiger partial charge in [-0.1, -0.05) is 12.2 Å². The lowest BCUT2D eigenvalue weighted by atomic mass is 9.93. The van der Waals surface area contributed by atoms with Crippen LogP contribution in [0.5, 0.6) is 0 Å². The van der Waals surface area contributed by atoms with E-state index in [4.69, 9.17) is 5.26 Å². The van der Waals surface area contributed by atoms with Gasteiger partial charge >= 0.3 is 0 Å². The molecule has 3 heteroatoms. The molecule has 0 spiro atoms. The lowest BCUT2D eigenvalue weighted by Gasteiger charge is -2.22. The largest absolute Gasteiger partial charge is 0.332 e. The molecule has 0 saturated carbocycles. The Labute approximate surface area is 78.6 Å². The van der Waals surface area contributed by atoms with Gasteiger partial charge in [0.05, 0.1) is 6.07 Å². The number of nitriles is 1. The number of rotatable bonds is 2. The minimum atomic E-state index is 0.100. The first-order valence-electron chi connectivity index (χ1n) is 4.52. The molecule has 1 unspecified atom stereocenters. The van der Waals surface area contributed by atoms with Crippen molar-refractivity contribution in [3.8, 4) is 6.07 Å². The molecule has 1 aliphatic rings. The van der Waals surface area contributed by atoms with Crippen molar-refractivity contribution in [3.05, 3.63) is 12.2 Å². The molecule has 0 aromatic heterocycles. The van der Waals surface area contributed by atoms with Crippen LogP contribution in [0.15, 0.2) is 12.2 Å². The van der Waals surface area contributed by atoms with Crippen LogP contribution in [-0.4, -0.2) is 24.4 Å². The first-order valence-corrected chi connectivity index (χ1v) is 4.52. The van der Waals surface area contributed by atoms with Crippen molar-refractivity contribution in [2.24, 2.45) is 5.92 Å². The Morgan fingerprint density at radius 1 is 1.69 bits per heavy atom. The standard InChI is InChI=1S/C10H14N2O/c1-12(8-7-11)10(13)9-5-3-2-4-6-9/h2-3,9H,4-6,8H2,1H3. The van der Waals surface area contributed by atoms with Gasteiger partial charge in [0, 0.05) is 13.0 Å². The Bertz CT molecular complexity index is 252. The van der Waals surface area contributed by atoms with E-state index in [1.165, 1.54) is 4.90 Å². The molecule has 1 aliphatic carbocycles. The molecule has 0 saturated heterocycles. The number of hydrogen-bond acceptors (Lipinski definition) is 2. The summed E-state index contributed by atoms with van der Waals surface area (Å²) in [5.41, 5.74) is 0. The predicted octanol–water partition coefficient (Wildman–Crippen LogP) is 1.32. The minimum Gasteiger partial charge on any atom is -0.332 e. The summed E-state index contributed by atoms with van der Waals surface area (Å²) in [6.45, 7) is 0.193. The summed E-state index contributed by atoms with van der Waals surface area (Å²) in [5.74, 6) is 0.203. The van der Waals surface area contributed by atoms with Gasteiger partial charge in [-0.05, 0) is 19.3 Å². The SMILES string of the molecule is CN(CC#N)C(=O)C1CC=CCC1. The fraction of sp³-hybridized carbons (Fsp3) is 0.600. The first kappa shape index (κ1) is 9.79. The van der Waals surface area contributed by atoms with Gasteiger partial charge in [0.25, 0.3) is 0 Å². The second-order valence-corrected chi connectivity index (χ2v) is 3.33. The van der Waals surface area contributed by atoms with Crippen LogP contribution in [0.1, 0.15) is 19.3 Å². The molecule has 3 nitrogen and oxygen atoms in total. The van der Waals surface area contributed by atoms with Crippen molar-refractivity contribution >= 4 is 5.91 Å². The van der Waals surface area contributed by atoms with E-state index in [2.05, 4.69) is 6.08 Å². The highest BCUT2D eigenvalue weighted by atomic mass is 16.2. The van der Waals surface area contributed by atoms with Crippen LogP contribution < -0.4 is 0 Å². The molecule has 0 heterocycles. The van der Waals surface area contributed by atoms with Crippen LogP contribution in [0.3, 0.4) is 0 Å². The smallest absolute Gasteiger partial charge is 0.226 e. The van der Waals surface area contributed by atoms with E-state index < -0.39 is 0 Å². The van der Waals surface area contributed by atoms with Crippen LogP contribution in [-0.2, 0) is 4.79 Å². The van der Waals surface area contributed by atoms with E-state index in [9.17, 15) is 4.79 Å². The molecule has 0 N–H and O–H groups in total.